The van der Waals surface area contributed by atoms with Crippen molar-refractivity contribution in [2.75, 3.05) is 32.6 Å². The number of urea groups is 1. The SMILES string of the molecule is COc1ccc(CNC(=O)[C@H]2CCCN(C(=O)Nc3ccccc3)C2)cc1OC. The third kappa shape index (κ3) is 5.40. The maximum Gasteiger partial charge on any atom is 0.321 e. The van der Waals surface area contributed by atoms with Crippen LogP contribution in [0.5, 0.6) is 11.5 Å². The molecule has 1 saturated heterocycles. The summed E-state index contributed by atoms with van der Waals surface area (Å²) in [5.41, 5.74) is 1.67. The van der Waals surface area contributed by atoms with E-state index < -0.39 is 0 Å². The second-order valence-corrected chi connectivity index (χ2v) is 6.99. The van der Waals surface area contributed by atoms with Gasteiger partial charge in [0, 0.05) is 25.3 Å². The number of para-hydroxylation sites is 1. The van der Waals surface area contributed by atoms with Gasteiger partial charge in [0.15, 0.2) is 11.5 Å². The minimum atomic E-state index is -0.217. The van der Waals surface area contributed by atoms with Crippen molar-refractivity contribution >= 4 is 17.6 Å². The number of carbonyl (C=O) groups is 2. The molecule has 29 heavy (non-hydrogen) atoms. The topological polar surface area (TPSA) is 79.9 Å². The average molecular weight is 397 g/mol. The Morgan fingerprint density at radius 3 is 2.55 bits per heavy atom. The van der Waals surface area contributed by atoms with Crippen LogP contribution in [0.1, 0.15) is 18.4 Å². The molecule has 2 aromatic carbocycles. The minimum Gasteiger partial charge on any atom is -0.493 e. The lowest BCUT2D eigenvalue weighted by Crippen LogP contribution is -2.46. The summed E-state index contributed by atoms with van der Waals surface area (Å²) >= 11 is 0. The Morgan fingerprint density at radius 2 is 1.83 bits per heavy atom. The fourth-order valence-electron chi connectivity index (χ4n) is 3.42. The lowest BCUT2D eigenvalue weighted by atomic mass is 9.97. The standard InChI is InChI=1S/C22H27N3O4/c1-28-19-11-10-16(13-20(19)29-2)14-23-21(26)17-7-6-12-25(15-17)22(27)24-18-8-4-3-5-9-18/h3-5,8-11,13,17H,6-7,12,14-15H2,1-2H3,(H,23,26)(H,24,27)/t17-/m0/s1. The number of likely N-dealkylation sites (tertiary alicyclic amines) is 1. The number of hydrogen-bond donors (Lipinski definition) is 2. The van der Waals surface area contributed by atoms with E-state index in [-0.39, 0.29) is 17.9 Å². The van der Waals surface area contributed by atoms with Gasteiger partial charge < -0.3 is 25.0 Å². The highest BCUT2D eigenvalue weighted by Gasteiger charge is 2.28. The van der Waals surface area contributed by atoms with Gasteiger partial charge in [-0.2, -0.15) is 0 Å². The molecule has 7 nitrogen and oxygen atoms in total. The first kappa shape index (κ1) is 20.5. The lowest BCUT2D eigenvalue weighted by molar-refractivity contribution is -0.126. The minimum absolute atomic E-state index is 0.0444. The zero-order valence-corrected chi connectivity index (χ0v) is 16.8. The Balaban J connectivity index is 1.53. The van der Waals surface area contributed by atoms with E-state index in [2.05, 4.69) is 10.6 Å². The predicted octanol–water partition coefficient (Wildman–Crippen LogP) is 3.26. The van der Waals surface area contributed by atoms with Crippen molar-refractivity contribution in [1.82, 2.24) is 10.2 Å². The first-order valence-electron chi connectivity index (χ1n) is 9.70. The summed E-state index contributed by atoms with van der Waals surface area (Å²) in [5.74, 6) is 1.01. The highest BCUT2D eigenvalue weighted by Crippen LogP contribution is 2.27. The van der Waals surface area contributed by atoms with E-state index in [1.807, 2.05) is 48.5 Å². The van der Waals surface area contributed by atoms with Crippen LogP contribution >= 0.6 is 0 Å². The van der Waals surface area contributed by atoms with Gasteiger partial charge in [-0.15, -0.1) is 0 Å². The van der Waals surface area contributed by atoms with Gasteiger partial charge in [0.1, 0.15) is 0 Å². The van der Waals surface area contributed by atoms with E-state index in [4.69, 9.17) is 9.47 Å². The molecule has 0 saturated carbocycles. The number of benzene rings is 2. The first-order valence-corrected chi connectivity index (χ1v) is 9.70. The number of hydrogen-bond acceptors (Lipinski definition) is 4. The molecule has 1 fully saturated rings. The molecule has 7 heteroatoms. The average Bonchev–Trinajstić information content (AvgIpc) is 2.78. The lowest BCUT2D eigenvalue weighted by Gasteiger charge is -2.32. The predicted molar refractivity (Wildman–Crippen MR) is 111 cm³/mol. The fraction of sp³-hybridized carbons (Fsp3) is 0.364. The van der Waals surface area contributed by atoms with Crippen LogP contribution in [0, 0.1) is 5.92 Å². The molecule has 0 radical (unpaired) electrons. The van der Waals surface area contributed by atoms with E-state index in [1.165, 1.54) is 0 Å². The summed E-state index contributed by atoms with van der Waals surface area (Å²) < 4.78 is 10.5. The van der Waals surface area contributed by atoms with E-state index in [0.717, 1.165) is 24.1 Å². The smallest absolute Gasteiger partial charge is 0.321 e. The Hall–Kier alpha value is -3.22. The molecule has 0 aromatic heterocycles. The summed E-state index contributed by atoms with van der Waals surface area (Å²) in [4.78, 5) is 26.9. The Morgan fingerprint density at radius 1 is 1.07 bits per heavy atom. The van der Waals surface area contributed by atoms with E-state index in [9.17, 15) is 9.59 Å². The van der Waals surface area contributed by atoms with Crippen molar-refractivity contribution < 1.29 is 19.1 Å². The summed E-state index contributed by atoms with van der Waals surface area (Å²) in [5, 5.41) is 5.85. The van der Waals surface area contributed by atoms with Crippen molar-refractivity contribution in [2.24, 2.45) is 5.92 Å². The summed E-state index contributed by atoms with van der Waals surface area (Å²) in [6.45, 7) is 1.46. The van der Waals surface area contributed by atoms with Crippen LogP contribution in [0.25, 0.3) is 0 Å². The normalized spacial score (nSPS) is 16.1. The van der Waals surface area contributed by atoms with Crippen molar-refractivity contribution in [3.63, 3.8) is 0 Å². The quantitative estimate of drug-likeness (QED) is 0.784. The number of piperidine rings is 1. The van der Waals surface area contributed by atoms with Gasteiger partial charge >= 0.3 is 6.03 Å². The van der Waals surface area contributed by atoms with Crippen LogP contribution in [0.15, 0.2) is 48.5 Å². The second kappa shape index (κ2) is 9.82. The molecule has 154 valence electrons. The van der Waals surface area contributed by atoms with Gasteiger partial charge in [0.25, 0.3) is 0 Å². The number of amides is 3. The highest BCUT2D eigenvalue weighted by molar-refractivity contribution is 5.90. The summed E-state index contributed by atoms with van der Waals surface area (Å²) in [7, 11) is 3.17. The van der Waals surface area contributed by atoms with Crippen LogP contribution in [0.3, 0.4) is 0 Å². The second-order valence-electron chi connectivity index (χ2n) is 6.99. The van der Waals surface area contributed by atoms with E-state index in [1.54, 1.807) is 19.1 Å². The Bertz CT molecular complexity index is 841. The number of nitrogens with zero attached hydrogens (tertiary/aromatic N) is 1. The summed E-state index contributed by atoms with van der Waals surface area (Å²) in [6.07, 6.45) is 1.57. The molecule has 1 aliphatic heterocycles. The molecule has 1 aliphatic rings. The molecule has 0 unspecified atom stereocenters. The summed E-state index contributed by atoms with van der Waals surface area (Å²) in [6, 6.07) is 14.7. The van der Waals surface area contributed by atoms with Gasteiger partial charge in [-0.05, 0) is 42.7 Å². The molecular formula is C22H27N3O4. The van der Waals surface area contributed by atoms with Gasteiger partial charge in [-0.3, -0.25) is 4.79 Å². The largest absolute Gasteiger partial charge is 0.493 e. The zero-order valence-electron chi connectivity index (χ0n) is 16.8. The van der Waals surface area contributed by atoms with E-state index >= 15 is 0 Å². The van der Waals surface area contributed by atoms with Gasteiger partial charge in [-0.25, -0.2) is 4.79 Å². The molecule has 2 aromatic rings. The van der Waals surface area contributed by atoms with Crippen LogP contribution in [0.4, 0.5) is 10.5 Å². The van der Waals surface area contributed by atoms with Crippen molar-refractivity contribution in [3.8, 4) is 11.5 Å². The third-order valence-corrected chi connectivity index (χ3v) is 5.02. The monoisotopic (exact) mass is 397 g/mol. The molecule has 1 atom stereocenters. The first-order chi connectivity index (χ1) is 14.1. The molecule has 3 rings (SSSR count). The molecule has 0 bridgehead atoms. The van der Waals surface area contributed by atoms with Crippen LogP contribution in [0.2, 0.25) is 0 Å². The van der Waals surface area contributed by atoms with Gasteiger partial charge in [0.05, 0.1) is 20.1 Å². The number of carbonyl (C=O) groups excluding carboxylic acids is 2. The maximum absolute atomic E-state index is 12.7. The Kier molecular flexibility index (Phi) is 6.94. The van der Waals surface area contributed by atoms with Crippen LogP contribution < -0.4 is 20.1 Å². The van der Waals surface area contributed by atoms with Crippen molar-refractivity contribution in [2.45, 2.75) is 19.4 Å². The third-order valence-electron chi connectivity index (χ3n) is 5.02. The van der Waals surface area contributed by atoms with Gasteiger partial charge in [-0.1, -0.05) is 24.3 Å². The number of anilines is 1. The van der Waals surface area contributed by atoms with Crippen molar-refractivity contribution in [3.05, 3.63) is 54.1 Å². The van der Waals surface area contributed by atoms with Crippen LogP contribution in [-0.2, 0) is 11.3 Å². The van der Waals surface area contributed by atoms with E-state index in [0.29, 0.717) is 31.1 Å². The fourth-order valence-corrected chi connectivity index (χ4v) is 3.42. The molecule has 0 spiro atoms. The molecular weight excluding hydrogens is 370 g/mol. The zero-order chi connectivity index (χ0) is 20.6. The number of methoxy groups -OCH3 is 2. The van der Waals surface area contributed by atoms with Crippen LogP contribution in [-0.4, -0.2) is 44.1 Å². The number of rotatable bonds is 6. The Labute approximate surface area is 171 Å². The molecule has 0 aliphatic carbocycles. The van der Waals surface area contributed by atoms with Crippen molar-refractivity contribution in [1.29, 1.82) is 0 Å². The number of nitrogens with one attached hydrogen (secondary N) is 2. The molecule has 2 N–H and O–H groups in total. The maximum atomic E-state index is 12.7. The number of ether oxygens (including phenoxy) is 2. The highest BCUT2D eigenvalue weighted by atomic mass is 16.5. The molecule has 1 heterocycles. The van der Waals surface area contributed by atoms with Gasteiger partial charge in [0.2, 0.25) is 5.91 Å². The molecule has 3 amide bonds.